The van der Waals surface area contributed by atoms with Crippen molar-refractivity contribution in [3.8, 4) is 5.75 Å². The van der Waals surface area contributed by atoms with Gasteiger partial charge in [-0.3, -0.25) is 0 Å². The molecule has 1 aliphatic carbocycles. The van der Waals surface area contributed by atoms with Gasteiger partial charge in [0.1, 0.15) is 11.4 Å². The summed E-state index contributed by atoms with van der Waals surface area (Å²) in [5.41, 5.74) is -0.296. The number of ether oxygens (including phenoxy) is 1. The summed E-state index contributed by atoms with van der Waals surface area (Å²) < 4.78 is 43.8. The fraction of sp³-hybridized carbons (Fsp3) is 0.538. The Labute approximate surface area is 103 Å². The molecule has 1 aromatic carbocycles. The molecule has 0 amide bonds. The summed E-state index contributed by atoms with van der Waals surface area (Å²) in [7, 11) is 0. The van der Waals surface area contributed by atoms with Gasteiger partial charge in [0.15, 0.2) is 0 Å². The number of benzene rings is 1. The molecule has 1 fully saturated rings. The van der Waals surface area contributed by atoms with Crippen LogP contribution in [0.1, 0.15) is 31.2 Å². The molecule has 5 heteroatoms. The second-order valence-corrected chi connectivity index (χ2v) is 5.05. The second-order valence-electron chi connectivity index (χ2n) is 5.05. The summed E-state index contributed by atoms with van der Waals surface area (Å²) in [5, 5.41) is 3.18. The third kappa shape index (κ3) is 1.91. The molecule has 0 atom stereocenters. The van der Waals surface area contributed by atoms with Crippen molar-refractivity contribution in [2.75, 3.05) is 11.9 Å². The van der Waals surface area contributed by atoms with E-state index in [0.29, 0.717) is 18.0 Å². The van der Waals surface area contributed by atoms with Crippen molar-refractivity contribution >= 4 is 5.69 Å². The van der Waals surface area contributed by atoms with Crippen molar-refractivity contribution in [2.45, 2.75) is 37.5 Å². The zero-order chi connectivity index (χ0) is 12.8. The number of nitrogens with one attached hydrogen (secondary N) is 1. The largest absolute Gasteiger partial charge is 0.483 e. The van der Waals surface area contributed by atoms with Gasteiger partial charge in [-0.25, -0.2) is 0 Å². The number of anilines is 1. The standard InChI is InChI=1S/C13H14F3NO/c14-13(15,16)9-3-4-10-11(7-9)18-12(8-17-10)5-1-2-6-12/h3-4,7,17H,1-2,5-6,8H2. The second kappa shape index (κ2) is 3.80. The summed E-state index contributed by atoms with van der Waals surface area (Å²) in [6, 6.07) is 3.63. The van der Waals surface area contributed by atoms with Crippen LogP contribution in [0, 0.1) is 0 Å². The van der Waals surface area contributed by atoms with Crippen molar-refractivity contribution in [3.05, 3.63) is 23.8 Å². The van der Waals surface area contributed by atoms with Gasteiger partial charge < -0.3 is 10.1 Å². The first-order valence-corrected chi connectivity index (χ1v) is 6.13. The SMILES string of the molecule is FC(F)(F)c1ccc2c(c1)OC1(CCCC1)CN2. The summed E-state index contributed by atoms with van der Waals surface area (Å²) in [6.07, 6.45) is -0.337. The predicted octanol–water partition coefficient (Wildman–Crippen LogP) is 3.82. The van der Waals surface area contributed by atoms with Crippen LogP contribution in [0.3, 0.4) is 0 Å². The molecular formula is C13H14F3NO. The monoisotopic (exact) mass is 257 g/mol. The third-order valence-electron chi connectivity index (χ3n) is 3.75. The Morgan fingerprint density at radius 1 is 1.17 bits per heavy atom. The Bertz CT molecular complexity index is 464. The molecule has 1 aromatic rings. The van der Waals surface area contributed by atoms with Crippen LogP contribution < -0.4 is 10.1 Å². The van der Waals surface area contributed by atoms with Gasteiger partial charge in [0.2, 0.25) is 0 Å². The summed E-state index contributed by atoms with van der Waals surface area (Å²) in [6.45, 7) is 0.686. The van der Waals surface area contributed by atoms with E-state index in [-0.39, 0.29) is 5.60 Å². The molecule has 1 saturated carbocycles. The van der Waals surface area contributed by atoms with Gasteiger partial charge in [-0.2, -0.15) is 13.2 Å². The smallest absolute Gasteiger partial charge is 0.416 e. The van der Waals surface area contributed by atoms with E-state index in [4.69, 9.17) is 4.74 Å². The quantitative estimate of drug-likeness (QED) is 0.762. The molecule has 0 radical (unpaired) electrons. The first kappa shape index (κ1) is 11.7. The van der Waals surface area contributed by atoms with Crippen LogP contribution in [0.5, 0.6) is 5.75 Å². The van der Waals surface area contributed by atoms with Crippen LogP contribution in [0.25, 0.3) is 0 Å². The Morgan fingerprint density at radius 2 is 1.89 bits per heavy atom. The zero-order valence-electron chi connectivity index (χ0n) is 9.81. The number of rotatable bonds is 0. The van der Waals surface area contributed by atoms with Gasteiger partial charge in [0, 0.05) is 0 Å². The van der Waals surface area contributed by atoms with Crippen molar-refractivity contribution in [3.63, 3.8) is 0 Å². The van der Waals surface area contributed by atoms with Gasteiger partial charge >= 0.3 is 6.18 Å². The maximum atomic E-state index is 12.7. The predicted molar refractivity (Wildman–Crippen MR) is 61.8 cm³/mol. The average molecular weight is 257 g/mol. The molecule has 1 aliphatic heterocycles. The molecule has 98 valence electrons. The van der Waals surface area contributed by atoms with E-state index in [1.807, 2.05) is 0 Å². The Kier molecular flexibility index (Phi) is 2.47. The molecular weight excluding hydrogens is 243 g/mol. The minimum Gasteiger partial charge on any atom is -0.483 e. The van der Waals surface area contributed by atoms with Crippen molar-refractivity contribution < 1.29 is 17.9 Å². The van der Waals surface area contributed by atoms with E-state index >= 15 is 0 Å². The minimum atomic E-state index is -4.32. The van der Waals surface area contributed by atoms with Crippen LogP contribution in [-0.2, 0) is 6.18 Å². The molecule has 18 heavy (non-hydrogen) atoms. The molecule has 1 heterocycles. The lowest BCUT2D eigenvalue weighted by atomic mass is 9.99. The topological polar surface area (TPSA) is 21.3 Å². The third-order valence-corrected chi connectivity index (χ3v) is 3.75. The highest BCUT2D eigenvalue weighted by molar-refractivity contribution is 5.60. The first-order chi connectivity index (χ1) is 8.49. The van der Waals surface area contributed by atoms with E-state index < -0.39 is 11.7 Å². The molecule has 1 spiro atoms. The number of halogens is 3. The zero-order valence-corrected chi connectivity index (χ0v) is 9.81. The molecule has 0 bridgehead atoms. The van der Waals surface area contributed by atoms with E-state index in [2.05, 4.69) is 5.32 Å². The number of hydrogen-bond donors (Lipinski definition) is 1. The normalized spacial score (nSPS) is 21.3. The van der Waals surface area contributed by atoms with Crippen molar-refractivity contribution in [1.82, 2.24) is 0 Å². The first-order valence-electron chi connectivity index (χ1n) is 6.13. The summed E-state index contributed by atoms with van der Waals surface area (Å²) >= 11 is 0. The maximum absolute atomic E-state index is 12.7. The minimum absolute atomic E-state index is 0.294. The Balaban J connectivity index is 1.93. The molecule has 3 rings (SSSR count). The molecule has 0 aromatic heterocycles. The number of fused-ring (bicyclic) bond motifs is 1. The molecule has 2 nitrogen and oxygen atoms in total. The van der Waals surface area contributed by atoms with Crippen LogP contribution >= 0.6 is 0 Å². The molecule has 2 aliphatic rings. The summed E-state index contributed by atoms with van der Waals surface area (Å²) in [4.78, 5) is 0. The van der Waals surface area contributed by atoms with Crippen molar-refractivity contribution in [2.24, 2.45) is 0 Å². The van der Waals surface area contributed by atoms with Crippen LogP contribution in [0.15, 0.2) is 18.2 Å². The fourth-order valence-electron chi connectivity index (χ4n) is 2.75. The van der Waals surface area contributed by atoms with Gasteiger partial charge in [-0.1, -0.05) is 0 Å². The van der Waals surface area contributed by atoms with E-state index in [0.717, 1.165) is 37.8 Å². The number of hydrogen-bond acceptors (Lipinski definition) is 2. The number of alkyl halides is 3. The summed E-state index contributed by atoms with van der Waals surface area (Å²) in [5.74, 6) is 0.331. The molecule has 0 unspecified atom stereocenters. The van der Waals surface area contributed by atoms with Crippen LogP contribution in [0.4, 0.5) is 18.9 Å². The average Bonchev–Trinajstić information content (AvgIpc) is 2.75. The van der Waals surface area contributed by atoms with Gasteiger partial charge in [0.05, 0.1) is 17.8 Å². The van der Waals surface area contributed by atoms with Crippen LogP contribution in [-0.4, -0.2) is 12.1 Å². The lowest BCUT2D eigenvalue weighted by Crippen LogP contribution is -2.43. The fourth-order valence-corrected chi connectivity index (χ4v) is 2.75. The lowest BCUT2D eigenvalue weighted by Gasteiger charge is -2.36. The van der Waals surface area contributed by atoms with Gasteiger partial charge in [-0.15, -0.1) is 0 Å². The van der Waals surface area contributed by atoms with E-state index in [1.165, 1.54) is 6.07 Å². The van der Waals surface area contributed by atoms with Crippen LogP contribution in [0.2, 0.25) is 0 Å². The van der Waals surface area contributed by atoms with Crippen molar-refractivity contribution in [1.29, 1.82) is 0 Å². The molecule has 0 saturated heterocycles. The highest BCUT2D eigenvalue weighted by Crippen LogP contribution is 2.43. The van der Waals surface area contributed by atoms with Gasteiger partial charge in [0.25, 0.3) is 0 Å². The maximum Gasteiger partial charge on any atom is 0.416 e. The van der Waals surface area contributed by atoms with E-state index in [1.54, 1.807) is 0 Å². The van der Waals surface area contributed by atoms with Gasteiger partial charge in [-0.05, 0) is 43.9 Å². The Morgan fingerprint density at radius 3 is 2.56 bits per heavy atom. The highest BCUT2D eigenvalue weighted by atomic mass is 19.4. The lowest BCUT2D eigenvalue weighted by molar-refractivity contribution is -0.137. The Hall–Kier alpha value is -1.39. The molecule has 1 N–H and O–H groups in total. The highest BCUT2D eigenvalue weighted by Gasteiger charge is 2.40. The van der Waals surface area contributed by atoms with E-state index in [9.17, 15) is 13.2 Å².